The summed E-state index contributed by atoms with van der Waals surface area (Å²) >= 11 is 0. The van der Waals surface area contributed by atoms with Crippen LogP contribution in [0.5, 0.6) is 0 Å². The number of rotatable bonds is 1. The molecule has 0 bridgehead atoms. The Morgan fingerprint density at radius 1 is 1.58 bits per heavy atom. The molecule has 1 amide bonds. The average Bonchev–Trinajstić information content (AvgIpc) is 2.51. The minimum absolute atomic E-state index is 0.156. The number of carbonyl (C=O) groups is 1. The van der Waals surface area contributed by atoms with Crippen LogP contribution in [-0.2, 0) is 9.53 Å². The van der Waals surface area contributed by atoms with Gasteiger partial charge >= 0.3 is 0 Å². The van der Waals surface area contributed by atoms with E-state index in [1.54, 1.807) is 0 Å². The highest BCUT2D eigenvalue weighted by atomic mass is 16.5. The standard InChI is InChI=1S/C9H15NO2/c1-9(2)7(10-8(9)11)6-4-3-5-12-6/h6-7H,3-5H2,1-2H3,(H,10,11)/t6-,7-/m1/s1. The van der Waals surface area contributed by atoms with Gasteiger partial charge in [-0.15, -0.1) is 0 Å². The molecule has 2 heterocycles. The molecule has 2 saturated heterocycles. The monoisotopic (exact) mass is 169 g/mol. The Kier molecular flexibility index (Phi) is 1.65. The van der Waals surface area contributed by atoms with Gasteiger partial charge < -0.3 is 10.1 Å². The van der Waals surface area contributed by atoms with Crippen molar-refractivity contribution in [3.63, 3.8) is 0 Å². The molecule has 68 valence electrons. The van der Waals surface area contributed by atoms with Gasteiger partial charge in [0.15, 0.2) is 0 Å². The third-order valence-electron chi connectivity index (χ3n) is 2.99. The van der Waals surface area contributed by atoms with Gasteiger partial charge in [0.25, 0.3) is 0 Å². The van der Waals surface area contributed by atoms with E-state index in [0.717, 1.165) is 19.4 Å². The number of hydrogen-bond acceptors (Lipinski definition) is 2. The molecular weight excluding hydrogens is 154 g/mol. The second-order valence-corrected chi connectivity index (χ2v) is 4.22. The van der Waals surface area contributed by atoms with Crippen molar-refractivity contribution in [2.75, 3.05) is 6.61 Å². The maximum atomic E-state index is 11.2. The molecule has 0 radical (unpaired) electrons. The van der Waals surface area contributed by atoms with Crippen molar-refractivity contribution in [3.8, 4) is 0 Å². The van der Waals surface area contributed by atoms with E-state index >= 15 is 0 Å². The van der Waals surface area contributed by atoms with E-state index in [1.165, 1.54) is 0 Å². The summed E-state index contributed by atoms with van der Waals surface area (Å²) in [5, 5.41) is 2.91. The Morgan fingerprint density at radius 2 is 2.33 bits per heavy atom. The van der Waals surface area contributed by atoms with Crippen LogP contribution in [-0.4, -0.2) is 24.7 Å². The molecule has 0 aliphatic carbocycles. The van der Waals surface area contributed by atoms with Gasteiger partial charge in [-0.1, -0.05) is 0 Å². The zero-order valence-electron chi connectivity index (χ0n) is 7.59. The Morgan fingerprint density at radius 3 is 2.75 bits per heavy atom. The van der Waals surface area contributed by atoms with E-state index in [2.05, 4.69) is 5.32 Å². The molecule has 2 aliphatic heterocycles. The molecule has 0 spiro atoms. The normalized spacial score (nSPS) is 39.0. The van der Waals surface area contributed by atoms with Crippen LogP contribution >= 0.6 is 0 Å². The van der Waals surface area contributed by atoms with Gasteiger partial charge in [-0.3, -0.25) is 4.79 Å². The first-order valence-corrected chi connectivity index (χ1v) is 4.55. The van der Waals surface area contributed by atoms with Crippen LogP contribution in [0.25, 0.3) is 0 Å². The molecule has 0 aromatic heterocycles. The highest BCUT2D eigenvalue weighted by molar-refractivity contribution is 5.89. The fourth-order valence-electron chi connectivity index (χ4n) is 1.99. The molecule has 3 nitrogen and oxygen atoms in total. The number of ether oxygens (including phenoxy) is 1. The fourth-order valence-corrected chi connectivity index (χ4v) is 1.99. The highest BCUT2D eigenvalue weighted by Crippen LogP contribution is 2.35. The summed E-state index contributed by atoms with van der Waals surface area (Å²) in [7, 11) is 0. The van der Waals surface area contributed by atoms with Crippen LogP contribution < -0.4 is 5.32 Å². The van der Waals surface area contributed by atoms with Crippen molar-refractivity contribution in [3.05, 3.63) is 0 Å². The molecular formula is C9H15NO2. The Hall–Kier alpha value is -0.570. The topological polar surface area (TPSA) is 38.3 Å². The Bertz CT molecular complexity index is 207. The average molecular weight is 169 g/mol. The van der Waals surface area contributed by atoms with Crippen LogP contribution in [0.15, 0.2) is 0 Å². The Labute approximate surface area is 72.5 Å². The van der Waals surface area contributed by atoms with Crippen molar-refractivity contribution in [2.24, 2.45) is 5.41 Å². The molecule has 3 heteroatoms. The zero-order chi connectivity index (χ0) is 8.77. The van der Waals surface area contributed by atoms with E-state index < -0.39 is 0 Å². The predicted molar refractivity (Wildman–Crippen MR) is 44.7 cm³/mol. The molecule has 2 fully saturated rings. The van der Waals surface area contributed by atoms with Gasteiger partial charge in [-0.05, 0) is 26.7 Å². The quantitative estimate of drug-likeness (QED) is 0.586. The van der Waals surface area contributed by atoms with Crippen molar-refractivity contribution < 1.29 is 9.53 Å². The summed E-state index contributed by atoms with van der Waals surface area (Å²) in [4.78, 5) is 11.2. The fraction of sp³-hybridized carbons (Fsp3) is 0.889. The number of carbonyl (C=O) groups excluding carboxylic acids is 1. The lowest BCUT2D eigenvalue weighted by atomic mass is 9.73. The first kappa shape index (κ1) is 8.05. The smallest absolute Gasteiger partial charge is 0.228 e. The van der Waals surface area contributed by atoms with Gasteiger partial charge in [0.1, 0.15) is 0 Å². The molecule has 0 aromatic carbocycles. The molecule has 2 aliphatic rings. The van der Waals surface area contributed by atoms with Gasteiger partial charge in [0, 0.05) is 6.61 Å². The van der Waals surface area contributed by atoms with Crippen LogP contribution in [0.4, 0.5) is 0 Å². The number of hydrogen-bond donors (Lipinski definition) is 1. The number of nitrogens with one attached hydrogen (secondary N) is 1. The minimum atomic E-state index is -0.213. The summed E-state index contributed by atoms with van der Waals surface area (Å²) in [5.74, 6) is 0.156. The number of β-lactam (4-membered cyclic amide) rings is 1. The summed E-state index contributed by atoms with van der Waals surface area (Å²) < 4.78 is 5.53. The van der Waals surface area contributed by atoms with Gasteiger partial charge in [-0.25, -0.2) is 0 Å². The largest absolute Gasteiger partial charge is 0.376 e. The van der Waals surface area contributed by atoms with E-state index in [9.17, 15) is 4.79 Å². The summed E-state index contributed by atoms with van der Waals surface area (Å²) in [6.07, 6.45) is 2.49. The first-order chi connectivity index (χ1) is 5.62. The SMILES string of the molecule is CC1(C)C(=O)N[C@@H]1[C@H]1CCCO1. The predicted octanol–water partition coefficient (Wildman–Crippen LogP) is 0.690. The van der Waals surface area contributed by atoms with Crippen LogP contribution in [0.2, 0.25) is 0 Å². The van der Waals surface area contributed by atoms with Crippen molar-refractivity contribution in [1.82, 2.24) is 5.32 Å². The zero-order valence-corrected chi connectivity index (χ0v) is 7.59. The third-order valence-corrected chi connectivity index (χ3v) is 2.99. The van der Waals surface area contributed by atoms with Gasteiger partial charge in [0.05, 0.1) is 17.6 Å². The molecule has 0 aromatic rings. The van der Waals surface area contributed by atoms with Crippen molar-refractivity contribution in [2.45, 2.75) is 38.8 Å². The second-order valence-electron chi connectivity index (χ2n) is 4.22. The van der Waals surface area contributed by atoms with Gasteiger partial charge in [-0.2, -0.15) is 0 Å². The lowest BCUT2D eigenvalue weighted by Crippen LogP contribution is -2.68. The molecule has 1 N–H and O–H groups in total. The highest BCUT2D eigenvalue weighted by Gasteiger charge is 2.51. The van der Waals surface area contributed by atoms with E-state index in [-0.39, 0.29) is 23.5 Å². The summed E-state index contributed by atoms with van der Waals surface area (Å²) in [6.45, 7) is 4.82. The molecule has 0 saturated carbocycles. The van der Waals surface area contributed by atoms with Crippen LogP contribution in [0, 0.1) is 5.41 Å². The van der Waals surface area contributed by atoms with Crippen LogP contribution in [0.3, 0.4) is 0 Å². The lowest BCUT2D eigenvalue weighted by Gasteiger charge is -2.46. The van der Waals surface area contributed by atoms with E-state index in [0.29, 0.717) is 0 Å². The second kappa shape index (κ2) is 2.46. The number of amides is 1. The Balaban J connectivity index is 2.02. The van der Waals surface area contributed by atoms with Crippen molar-refractivity contribution >= 4 is 5.91 Å². The molecule has 2 atom stereocenters. The summed E-state index contributed by atoms with van der Waals surface area (Å²) in [5.41, 5.74) is -0.213. The van der Waals surface area contributed by atoms with E-state index in [1.807, 2.05) is 13.8 Å². The molecule has 0 unspecified atom stereocenters. The molecule has 12 heavy (non-hydrogen) atoms. The molecule has 2 rings (SSSR count). The van der Waals surface area contributed by atoms with Crippen molar-refractivity contribution in [1.29, 1.82) is 0 Å². The maximum absolute atomic E-state index is 11.2. The van der Waals surface area contributed by atoms with Gasteiger partial charge in [0.2, 0.25) is 5.91 Å². The third kappa shape index (κ3) is 0.959. The summed E-state index contributed by atoms with van der Waals surface area (Å²) in [6, 6.07) is 0.243. The van der Waals surface area contributed by atoms with E-state index in [4.69, 9.17) is 4.74 Å². The first-order valence-electron chi connectivity index (χ1n) is 4.55. The maximum Gasteiger partial charge on any atom is 0.228 e. The minimum Gasteiger partial charge on any atom is -0.376 e. The van der Waals surface area contributed by atoms with Crippen LogP contribution in [0.1, 0.15) is 26.7 Å². The lowest BCUT2D eigenvalue weighted by molar-refractivity contribution is -0.148.